The van der Waals surface area contributed by atoms with Gasteiger partial charge in [-0.3, -0.25) is 14.9 Å². The molecule has 2 aromatic rings. The van der Waals surface area contributed by atoms with Gasteiger partial charge in [-0.05, 0) is 31.5 Å². The van der Waals surface area contributed by atoms with Crippen LogP contribution in [0.4, 0.5) is 11.4 Å². The number of ether oxygens (including phenoxy) is 1. The highest BCUT2D eigenvalue weighted by Gasteiger charge is 2.20. The van der Waals surface area contributed by atoms with Crippen LogP contribution >= 0.6 is 11.6 Å². The number of carbonyl (C=O) groups is 2. The lowest BCUT2D eigenvalue weighted by atomic mass is 10.1. The number of hydrogen-bond donors (Lipinski definition) is 1. The summed E-state index contributed by atoms with van der Waals surface area (Å²) >= 11 is 5.69. The smallest absolute Gasteiger partial charge is 0.342 e. The quantitative estimate of drug-likeness (QED) is 0.479. The fraction of sp³-hybridized carbons (Fsp3) is 0.188. The maximum Gasteiger partial charge on any atom is 0.342 e. The number of esters is 1. The Balaban J connectivity index is 2.07. The Bertz CT molecular complexity index is 926. The predicted octanol–water partition coefficient (Wildman–Crippen LogP) is 2.61. The minimum absolute atomic E-state index is 0.0369. The van der Waals surface area contributed by atoms with E-state index in [1.807, 2.05) is 0 Å². The zero-order valence-corrected chi connectivity index (χ0v) is 14.5. The standard InChI is InChI=1S/C16H13ClN2O7/c1-8-5-14(21)26-9(2)15(8)16(22)25-7-13(20)18-11-4-3-10(17)6-12(11)19(23)24/h3-6H,7H2,1-2H3,(H,18,20). The Hall–Kier alpha value is -3.20. The Labute approximate surface area is 151 Å². The number of aryl methyl sites for hydroxylation is 2. The van der Waals surface area contributed by atoms with Crippen LogP contribution in [0.25, 0.3) is 0 Å². The van der Waals surface area contributed by atoms with Crippen LogP contribution in [0.2, 0.25) is 5.02 Å². The van der Waals surface area contributed by atoms with Crippen molar-refractivity contribution in [1.29, 1.82) is 0 Å². The van der Waals surface area contributed by atoms with E-state index in [1.54, 1.807) is 0 Å². The molecule has 9 nitrogen and oxygen atoms in total. The summed E-state index contributed by atoms with van der Waals surface area (Å²) in [5, 5.41) is 13.4. The molecule has 1 amide bonds. The molecule has 0 spiro atoms. The van der Waals surface area contributed by atoms with Crippen molar-refractivity contribution >= 4 is 34.9 Å². The van der Waals surface area contributed by atoms with Crippen molar-refractivity contribution in [2.24, 2.45) is 0 Å². The first kappa shape index (κ1) is 19.1. The number of rotatable bonds is 5. The zero-order chi connectivity index (χ0) is 19.4. The van der Waals surface area contributed by atoms with Gasteiger partial charge < -0.3 is 14.5 Å². The van der Waals surface area contributed by atoms with Crippen LogP contribution in [-0.4, -0.2) is 23.4 Å². The van der Waals surface area contributed by atoms with Crippen molar-refractivity contribution in [1.82, 2.24) is 0 Å². The van der Waals surface area contributed by atoms with Gasteiger partial charge in [-0.25, -0.2) is 9.59 Å². The van der Waals surface area contributed by atoms with Crippen LogP contribution in [0.1, 0.15) is 21.7 Å². The third-order valence-electron chi connectivity index (χ3n) is 3.30. The van der Waals surface area contributed by atoms with Gasteiger partial charge >= 0.3 is 11.6 Å². The van der Waals surface area contributed by atoms with Crippen LogP contribution in [0.5, 0.6) is 0 Å². The summed E-state index contributed by atoms with van der Waals surface area (Å²) in [6, 6.07) is 4.85. The normalized spacial score (nSPS) is 10.3. The van der Waals surface area contributed by atoms with Crippen molar-refractivity contribution < 1.29 is 23.7 Å². The SMILES string of the molecule is Cc1cc(=O)oc(C)c1C(=O)OCC(=O)Nc1ccc(Cl)cc1[N+](=O)[O-]. The number of nitro benzene ring substituents is 1. The van der Waals surface area contributed by atoms with E-state index in [0.717, 1.165) is 12.1 Å². The second-order valence-electron chi connectivity index (χ2n) is 5.22. The van der Waals surface area contributed by atoms with E-state index in [1.165, 1.54) is 26.0 Å². The number of amides is 1. The van der Waals surface area contributed by atoms with Crippen molar-refractivity contribution in [2.45, 2.75) is 13.8 Å². The number of anilines is 1. The van der Waals surface area contributed by atoms with Crippen LogP contribution in [-0.2, 0) is 9.53 Å². The van der Waals surface area contributed by atoms with Crippen molar-refractivity contribution in [3.05, 3.63) is 66.7 Å². The Morgan fingerprint density at radius 2 is 2.00 bits per heavy atom. The minimum atomic E-state index is -0.857. The van der Waals surface area contributed by atoms with Gasteiger partial charge in [0.15, 0.2) is 6.61 Å². The fourth-order valence-electron chi connectivity index (χ4n) is 2.21. The van der Waals surface area contributed by atoms with E-state index in [2.05, 4.69) is 5.32 Å². The van der Waals surface area contributed by atoms with E-state index in [-0.39, 0.29) is 22.0 Å². The molecule has 1 aromatic heterocycles. The van der Waals surface area contributed by atoms with E-state index >= 15 is 0 Å². The first-order chi connectivity index (χ1) is 12.2. The first-order valence-electron chi connectivity index (χ1n) is 7.21. The molecule has 0 aliphatic carbocycles. The third-order valence-corrected chi connectivity index (χ3v) is 3.54. The monoisotopic (exact) mass is 380 g/mol. The summed E-state index contributed by atoms with van der Waals surface area (Å²) in [5.41, 5.74) is -0.705. The van der Waals surface area contributed by atoms with E-state index in [9.17, 15) is 24.5 Å². The molecule has 2 rings (SSSR count). The summed E-state index contributed by atoms with van der Waals surface area (Å²) < 4.78 is 9.70. The zero-order valence-electron chi connectivity index (χ0n) is 13.7. The largest absolute Gasteiger partial charge is 0.452 e. The highest BCUT2D eigenvalue weighted by Crippen LogP contribution is 2.27. The van der Waals surface area contributed by atoms with Gasteiger partial charge in [0.05, 0.1) is 4.92 Å². The molecule has 0 saturated heterocycles. The van der Waals surface area contributed by atoms with Gasteiger partial charge in [0.25, 0.3) is 11.6 Å². The van der Waals surface area contributed by atoms with Gasteiger partial charge in [0.2, 0.25) is 0 Å². The molecule has 0 radical (unpaired) electrons. The number of nitro groups is 1. The third kappa shape index (κ3) is 4.45. The Kier molecular flexibility index (Phi) is 5.73. The van der Waals surface area contributed by atoms with Gasteiger partial charge in [0, 0.05) is 17.2 Å². The van der Waals surface area contributed by atoms with Gasteiger partial charge in [-0.15, -0.1) is 0 Å². The molecule has 10 heteroatoms. The van der Waals surface area contributed by atoms with E-state index < -0.39 is 34.7 Å². The Morgan fingerprint density at radius 1 is 1.31 bits per heavy atom. The van der Waals surface area contributed by atoms with Crippen molar-refractivity contribution in [3.8, 4) is 0 Å². The fourth-order valence-corrected chi connectivity index (χ4v) is 2.38. The predicted molar refractivity (Wildman–Crippen MR) is 91.5 cm³/mol. The number of hydrogen-bond acceptors (Lipinski definition) is 7. The lowest BCUT2D eigenvalue weighted by Crippen LogP contribution is -2.22. The van der Waals surface area contributed by atoms with Crippen LogP contribution in [0, 0.1) is 24.0 Å². The van der Waals surface area contributed by atoms with Crippen LogP contribution in [0.3, 0.4) is 0 Å². The molecule has 0 saturated carbocycles. The average Bonchev–Trinajstić information content (AvgIpc) is 2.53. The van der Waals surface area contributed by atoms with Crippen LogP contribution in [0.15, 0.2) is 33.5 Å². The first-order valence-corrected chi connectivity index (χ1v) is 7.59. The second kappa shape index (κ2) is 7.79. The molecule has 0 bridgehead atoms. The molecule has 1 aromatic carbocycles. The number of nitrogens with zero attached hydrogens (tertiary/aromatic N) is 1. The molecule has 1 N–H and O–H groups in total. The average molecular weight is 381 g/mol. The number of nitrogens with one attached hydrogen (secondary N) is 1. The molecular weight excluding hydrogens is 368 g/mol. The van der Waals surface area contributed by atoms with E-state index in [4.69, 9.17) is 20.8 Å². The summed E-state index contributed by atoms with van der Waals surface area (Å²) in [7, 11) is 0. The summed E-state index contributed by atoms with van der Waals surface area (Å²) in [4.78, 5) is 45.5. The summed E-state index contributed by atoms with van der Waals surface area (Å²) in [6.07, 6.45) is 0. The van der Waals surface area contributed by atoms with Crippen LogP contribution < -0.4 is 10.9 Å². The van der Waals surface area contributed by atoms with Gasteiger partial charge in [-0.1, -0.05) is 11.6 Å². The lowest BCUT2D eigenvalue weighted by Gasteiger charge is -2.09. The molecule has 0 aliphatic heterocycles. The molecule has 0 aliphatic rings. The molecule has 0 unspecified atom stereocenters. The molecule has 26 heavy (non-hydrogen) atoms. The maximum atomic E-state index is 12.1. The highest BCUT2D eigenvalue weighted by molar-refractivity contribution is 6.31. The molecule has 136 valence electrons. The molecule has 1 heterocycles. The van der Waals surface area contributed by atoms with E-state index in [0.29, 0.717) is 5.56 Å². The summed E-state index contributed by atoms with van der Waals surface area (Å²) in [5.74, 6) is -1.57. The number of benzene rings is 1. The van der Waals surface area contributed by atoms with Crippen molar-refractivity contribution in [2.75, 3.05) is 11.9 Å². The molecule has 0 atom stereocenters. The van der Waals surface area contributed by atoms with Crippen molar-refractivity contribution in [3.63, 3.8) is 0 Å². The number of carbonyl (C=O) groups excluding carboxylic acids is 2. The topological polar surface area (TPSA) is 129 Å². The Morgan fingerprint density at radius 3 is 2.62 bits per heavy atom. The molecular formula is C16H13ClN2O7. The molecule has 0 fully saturated rings. The van der Waals surface area contributed by atoms with Gasteiger partial charge in [-0.2, -0.15) is 0 Å². The highest BCUT2D eigenvalue weighted by atomic mass is 35.5. The summed E-state index contributed by atoms with van der Waals surface area (Å²) in [6.45, 7) is 2.26. The number of halogens is 1. The van der Waals surface area contributed by atoms with Gasteiger partial charge in [0.1, 0.15) is 17.0 Å². The lowest BCUT2D eigenvalue weighted by molar-refractivity contribution is -0.383. The second-order valence-corrected chi connectivity index (χ2v) is 5.66. The maximum absolute atomic E-state index is 12.1. The minimum Gasteiger partial charge on any atom is -0.452 e.